The summed E-state index contributed by atoms with van der Waals surface area (Å²) in [5.41, 5.74) is 4.37. The maximum atomic E-state index is 11.2. The van der Waals surface area contributed by atoms with Gasteiger partial charge in [0.15, 0.2) is 5.78 Å². The van der Waals surface area contributed by atoms with Crippen LogP contribution < -0.4 is 53.5 Å². The van der Waals surface area contributed by atoms with E-state index in [1.807, 2.05) is 30.3 Å². The van der Waals surface area contributed by atoms with E-state index in [2.05, 4.69) is 37.0 Å². The van der Waals surface area contributed by atoms with Crippen LogP contribution in [0.15, 0.2) is 48.5 Å². The summed E-state index contributed by atoms with van der Waals surface area (Å²) >= 11 is 0. The van der Waals surface area contributed by atoms with Crippen LogP contribution in [0.25, 0.3) is 0 Å². The van der Waals surface area contributed by atoms with Gasteiger partial charge in [0.25, 0.3) is 0 Å². The van der Waals surface area contributed by atoms with Crippen molar-refractivity contribution in [2.24, 2.45) is 0 Å². The molecule has 1 saturated heterocycles. The van der Waals surface area contributed by atoms with Crippen molar-refractivity contribution in [1.82, 2.24) is 0 Å². The molecule has 1 unspecified atom stereocenters. The van der Waals surface area contributed by atoms with E-state index in [9.17, 15) is 4.79 Å². The maximum Gasteiger partial charge on any atom is 1.00 e. The Hall–Kier alpha value is 0.0700. The SMILES string of the molecule is C[S+](C)C.O=C1COCc2ccccc21.[H-].[I-].[Na+].c1ccc2c(c1)COCC21CO1. The molecule has 2 aromatic rings. The van der Waals surface area contributed by atoms with Gasteiger partial charge < -0.3 is 39.6 Å². The molecule has 1 atom stereocenters. The van der Waals surface area contributed by atoms with Crippen LogP contribution in [0.5, 0.6) is 0 Å². The molecule has 5 rings (SSSR count). The minimum absolute atomic E-state index is 0. The Morgan fingerprint density at radius 3 is 2.03 bits per heavy atom. The third-order valence-electron chi connectivity index (χ3n) is 4.40. The largest absolute Gasteiger partial charge is 1.00 e. The molecule has 3 aliphatic rings. The van der Waals surface area contributed by atoms with Crippen LogP contribution in [-0.4, -0.2) is 44.4 Å². The zero-order valence-corrected chi connectivity index (χ0v) is 22.5. The predicted molar refractivity (Wildman–Crippen MR) is 110 cm³/mol. The van der Waals surface area contributed by atoms with Gasteiger partial charge in [-0.25, -0.2) is 0 Å². The Morgan fingerprint density at radius 1 is 0.862 bits per heavy atom. The van der Waals surface area contributed by atoms with Crippen molar-refractivity contribution in [3.8, 4) is 0 Å². The summed E-state index contributed by atoms with van der Waals surface area (Å²) in [6, 6.07) is 15.9. The monoisotopic (exact) mass is 538 g/mol. The van der Waals surface area contributed by atoms with Crippen LogP contribution in [0.2, 0.25) is 0 Å². The molecule has 0 amide bonds. The van der Waals surface area contributed by atoms with Crippen LogP contribution in [0.4, 0.5) is 0 Å². The van der Waals surface area contributed by atoms with Gasteiger partial charge in [0.05, 0.1) is 45.2 Å². The number of epoxide rings is 1. The van der Waals surface area contributed by atoms with Crippen molar-refractivity contribution in [3.05, 3.63) is 70.8 Å². The maximum absolute atomic E-state index is 11.2. The predicted octanol–water partition coefficient (Wildman–Crippen LogP) is -2.54. The molecule has 154 valence electrons. The summed E-state index contributed by atoms with van der Waals surface area (Å²) < 4.78 is 15.9. The molecular formula is C22H28INaO4S. The number of ether oxygens (including phenoxy) is 3. The minimum atomic E-state index is -0.0607. The molecule has 2 aromatic carbocycles. The number of ketones is 1. The number of hydrogen-bond donors (Lipinski definition) is 0. The second kappa shape index (κ2) is 12.8. The van der Waals surface area contributed by atoms with Gasteiger partial charge in [0.1, 0.15) is 12.2 Å². The molecule has 1 fully saturated rings. The topological polar surface area (TPSA) is 48.1 Å². The van der Waals surface area contributed by atoms with Crippen molar-refractivity contribution >= 4 is 16.7 Å². The molecule has 7 heteroatoms. The first-order chi connectivity index (χ1) is 13.0. The smallest absolute Gasteiger partial charge is 1.00 e. The van der Waals surface area contributed by atoms with Crippen LogP contribution >= 0.6 is 0 Å². The molecule has 4 nitrogen and oxygen atoms in total. The van der Waals surface area contributed by atoms with Crippen molar-refractivity contribution in [1.29, 1.82) is 0 Å². The number of carbonyl (C=O) groups excluding carboxylic acids is 1. The van der Waals surface area contributed by atoms with E-state index in [4.69, 9.17) is 14.2 Å². The van der Waals surface area contributed by atoms with E-state index in [-0.39, 0.29) is 73.0 Å². The fourth-order valence-electron chi connectivity index (χ4n) is 3.07. The summed E-state index contributed by atoms with van der Waals surface area (Å²) in [7, 11) is 0.639. The fourth-order valence-corrected chi connectivity index (χ4v) is 3.07. The number of fused-ring (bicyclic) bond motifs is 3. The van der Waals surface area contributed by atoms with E-state index in [0.717, 1.165) is 30.9 Å². The van der Waals surface area contributed by atoms with Gasteiger partial charge in [0, 0.05) is 5.56 Å². The molecule has 0 aliphatic carbocycles. The third-order valence-corrected chi connectivity index (χ3v) is 4.40. The summed E-state index contributed by atoms with van der Waals surface area (Å²) in [6.07, 6.45) is 6.58. The first kappa shape index (κ1) is 27.1. The van der Waals surface area contributed by atoms with Crippen LogP contribution in [0.3, 0.4) is 0 Å². The summed E-state index contributed by atoms with van der Waals surface area (Å²) in [4.78, 5) is 11.2. The van der Waals surface area contributed by atoms with E-state index in [1.165, 1.54) is 11.1 Å². The second-order valence-electron chi connectivity index (χ2n) is 7.23. The van der Waals surface area contributed by atoms with Gasteiger partial charge in [-0.15, -0.1) is 0 Å². The second-order valence-corrected chi connectivity index (χ2v) is 9.68. The minimum Gasteiger partial charge on any atom is -1.00 e. The number of carbonyl (C=O) groups is 1. The van der Waals surface area contributed by atoms with Gasteiger partial charge in [-0.3, -0.25) is 4.79 Å². The van der Waals surface area contributed by atoms with Gasteiger partial charge in [0.2, 0.25) is 0 Å². The van der Waals surface area contributed by atoms with Crippen LogP contribution in [-0.2, 0) is 43.9 Å². The summed E-state index contributed by atoms with van der Waals surface area (Å²) in [5.74, 6) is 0.0897. The molecule has 3 aliphatic heterocycles. The van der Waals surface area contributed by atoms with E-state index < -0.39 is 0 Å². The first-order valence-corrected chi connectivity index (χ1v) is 11.4. The average Bonchev–Trinajstić information content (AvgIpc) is 3.43. The van der Waals surface area contributed by atoms with Crippen molar-refractivity contribution < 1.29 is 74.0 Å². The third kappa shape index (κ3) is 7.61. The van der Waals surface area contributed by atoms with E-state index in [0.29, 0.717) is 17.5 Å². The first-order valence-electron chi connectivity index (χ1n) is 9.00. The Bertz CT molecular complexity index is 799. The number of halogens is 1. The van der Waals surface area contributed by atoms with Crippen LogP contribution in [0.1, 0.15) is 28.5 Å². The summed E-state index contributed by atoms with van der Waals surface area (Å²) in [5, 5.41) is 0. The van der Waals surface area contributed by atoms with Gasteiger partial charge in [-0.1, -0.05) is 48.5 Å². The number of benzene rings is 2. The molecule has 3 heterocycles. The van der Waals surface area contributed by atoms with Crippen molar-refractivity contribution in [3.63, 3.8) is 0 Å². The standard InChI is InChI=1S/C10H10O2.C9H8O2.C3H9S.HI.Na.H/c1-2-4-9-8(3-1)5-11-6-10(9)7-12-10;10-9-6-11-5-7-3-1-2-4-8(7)9;1-4(2)3;;;/h1-4H,5-7H2;1-4H,5-6H2;1-3H3;1H;;/q;;+1;;+1;-1/p-1. The Labute approximate surface area is 217 Å². The van der Waals surface area contributed by atoms with Gasteiger partial charge in [-0.2, -0.15) is 0 Å². The quantitative estimate of drug-likeness (QED) is 0.161. The van der Waals surface area contributed by atoms with Crippen LogP contribution in [0, 0.1) is 0 Å². The fraction of sp³-hybridized carbons (Fsp3) is 0.409. The van der Waals surface area contributed by atoms with Gasteiger partial charge >= 0.3 is 29.6 Å². The van der Waals surface area contributed by atoms with E-state index >= 15 is 0 Å². The average molecular weight is 538 g/mol. The van der Waals surface area contributed by atoms with E-state index in [1.54, 1.807) is 0 Å². The Kier molecular flexibility index (Phi) is 12.0. The number of Topliss-reactive ketones (excluding diaryl/α,β-unsaturated/α-hetero) is 1. The zero-order chi connectivity index (χ0) is 19.3. The van der Waals surface area contributed by atoms with Crippen molar-refractivity contribution in [2.75, 3.05) is 38.6 Å². The molecule has 1 spiro atoms. The van der Waals surface area contributed by atoms with Gasteiger partial charge in [-0.05, 0) is 27.6 Å². The molecule has 0 saturated carbocycles. The molecule has 0 N–H and O–H groups in total. The molecule has 0 aromatic heterocycles. The molecule has 0 bridgehead atoms. The zero-order valence-electron chi connectivity index (χ0n) is 18.6. The molecular weight excluding hydrogens is 510 g/mol. The molecule has 0 radical (unpaired) electrons. The molecule has 29 heavy (non-hydrogen) atoms. The Balaban J connectivity index is 0.000000442. The van der Waals surface area contributed by atoms with Crippen molar-refractivity contribution in [2.45, 2.75) is 18.8 Å². The normalized spacial score (nSPS) is 20.5. The Morgan fingerprint density at radius 2 is 1.41 bits per heavy atom. The summed E-state index contributed by atoms with van der Waals surface area (Å²) in [6.45, 7) is 3.09. The number of rotatable bonds is 0. The number of hydrogen-bond acceptors (Lipinski definition) is 4.